The van der Waals surface area contributed by atoms with E-state index in [1.807, 2.05) is 12.1 Å². The second-order valence-corrected chi connectivity index (χ2v) is 5.45. The molecule has 2 aromatic carbocycles. The number of hydrogen-bond donors (Lipinski definition) is 0. The third kappa shape index (κ3) is 2.58. The molecular weight excluding hydrogens is 273 g/mol. The molecule has 0 N–H and O–H groups in total. The smallest absolute Gasteiger partial charge is 0.123 e. The molecule has 1 nitrogen and oxygen atoms in total. The zero-order chi connectivity index (χ0) is 13.4. The Labute approximate surface area is 125 Å². The first-order chi connectivity index (χ1) is 9.16. The summed E-state index contributed by atoms with van der Waals surface area (Å²) < 4.78 is 13.1. The summed E-state index contributed by atoms with van der Waals surface area (Å²) >= 11 is 0. The lowest BCUT2D eigenvalue weighted by Crippen LogP contribution is -2.17. The lowest BCUT2D eigenvalue weighted by Gasteiger charge is -2.20. The van der Waals surface area contributed by atoms with E-state index in [1.165, 1.54) is 16.7 Å². The molecule has 1 aliphatic carbocycles. The summed E-state index contributed by atoms with van der Waals surface area (Å²) in [6, 6.07) is 16.0. The summed E-state index contributed by atoms with van der Waals surface area (Å²) in [4.78, 5) is 2.27. The molecule has 0 aliphatic heterocycles. The van der Waals surface area contributed by atoms with Gasteiger partial charge < -0.3 is 4.90 Å². The van der Waals surface area contributed by atoms with E-state index in [4.69, 9.17) is 0 Å². The van der Waals surface area contributed by atoms with Gasteiger partial charge in [0.05, 0.1) is 0 Å². The molecule has 106 valence electrons. The van der Waals surface area contributed by atoms with E-state index in [9.17, 15) is 4.39 Å². The van der Waals surface area contributed by atoms with E-state index >= 15 is 0 Å². The van der Waals surface area contributed by atoms with Crippen LogP contribution in [0, 0.1) is 5.82 Å². The topological polar surface area (TPSA) is 3.24 Å². The van der Waals surface area contributed by atoms with Crippen molar-refractivity contribution in [1.29, 1.82) is 0 Å². The third-order valence-electron chi connectivity index (χ3n) is 4.09. The molecule has 0 spiro atoms. The molecule has 0 bridgehead atoms. The molecule has 20 heavy (non-hydrogen) atoms. The lowest BCUT2D eigenvalue weighted by molar-refractivity contribution is 0.293. The maximum atomic E-state index is 13.1. The van der Waals surface area contributed by atoms with Gasteiger partial charge in [0.1, 0.15) is 5.82 Å². The summed E-state index contributed by atoms with van der Waals surface area (Å²) in [5.41, 5.74) is 3.99. The fourth-order valence-electron chi connectivity index (χ4n) is 3.11. The first-order valence-corrected chi connectivity index (χ1v) is 6.67. The average Bonchev–Trinajstić information content (AvgIpc) is 2.79. The predicted molar refractivity (Wildman–Crippen MR) is 83.0 cm³/mol. The van der Waals surface area contributed by atoms with Crippen molar-refractivity contribution in [2.24, 2.45) is 0 Å². The number of halogens is 2. The van der Waals surface area contributed by atoms with Crippen molar-refractivity contribution in [3.05, 3.63) is 71.0 Å². The van der Waals surface area contributed by atoms with Gasteiger partial charge >= 0.3 is 0 Å². The molecule has 0 fully saturated rings. The molecule has 3 heteroatoms. The molecule has 0 heterocycles. The second kappa shape index (κ2) is 5.94. The summed E-state index contributed by atoms with van der Waals surface area (Å²) in [6.45, 7) is 0. The van der Waals surface area contributed by atoms with Gasteiger partial charge in [-0.05, 0) is 49.3 Å². The van der Waals surface area contributed by atoms with Crippen molar-refractivity contribution in [2.75, 3.05) is 14.1 Å². The predicted octanol–water partition coefficient (Wildman–Crippen LogP) is 4.39. The summed E-state index contributed by atoms with van der Waals surface area (Å²) in [6.07, 6.45) is 1.07. The quantitative estimate of drug-likeness (QED) is 0.793. The van der Waals surface area contributed by atoms with Crippen LogP contribution in [0.3, 0.4) is 0 Å². The summed E-state index contributed by atoms with van der Waals surface area (Å²) in [5, 5.41) is 0. The minimum absolute atomic E-state index is 0. The summed E-state index contributed by atoms with van der Waals surface area (Å²) in [5.74, 6) is 0.211. The minimum Gasteiger partial charge on any atom is -0.302 e. The lowest BCUT2D eigenvalue weighted by atomic mass is 9.93. The highest BCUT2D eigenvalue weighted by Gasteiger charge is 2.32. The van der Waals surface area contributed by atoms with Crippen molar-refractivity contribution < 1.29 is 4.39 Å². The van der Waals surface area contributed by atoms with Crippen LogP contribution in [0.4, 0.5) is 4.39 Å². The van der Waals surface area contributed by atoms with E-state index in [0.717, 1.165) is 6.42 Å². The fraction of sp³-hybridized carbons (Fsp3) is 0.294. The van der Waals surface area contributed by atoms with Gasteiger partial charge in [-0.1, -0.05) is 36.4 Å². The van der Waals surface area contributed by atoms with E-state index < -0.39 is 0 Å². The van der Waals surface area contributed by atoms with Crippen molar-refractivity contribution in [2.45, 2.75) is 18.4 Å². The van der Waals surface area contributed by atoms with Gasteiger partial charge in [0, 0.05) is 12.0 Å². The van der Waals surface area contributed by atoms with Gasteiger partial charge in [0.25, 0.3) is 0 Å². The Morgan fingerprint density at radius 1 is 0.950 bits per heavy atom. The van der Waals surface area contributed by atoms with Gasteiger partial charge in [-0.2, -0.15) is 0 Å². The molecule has 0 aromatic heterocycles. The monoisotopic (exact) mass is 291 g/mol. The minimum atomic E-state index is -0.167. The van der Waals surface area contributed by atoms with Crippen molar-refractivity contribution in [3.8, 4) is 0 Å². The number of benzene rings is 2. The van der Waals surface area contributed by atoms with Crippen LogP contribution < -0.4 is 0 Å². The largest absolute Gasteiger partial charge is 0.302 e. The maximum absolute atomic E-state index is 13.1. The van der Waals surface area contributed by atoms with Crippen LogP contribution >= 0.6 is 12.4 Å². The highest BCUT2D eigenvalue weighted by Crippen LogP contribution is 2.45. The third-order valence-corrected chi connectivity index (χ3v) is 4.09. The molecule has 2 aromatic rings. The Morgan fingerprint density at radius 2 is 1.55 bits per heavy atom. The Bertz CT molecular complexity index is 580. The van der Waals surface area contributed by atoms with Crippen LogP contribution in [0.5, 0.6) is 0 Å². The number of rotatable bonds is 2. The molecule has 2 unspecified atom stereocenters. The maximum Gasteiger partial charge on any atom is 0.123 e. The molecular formula is C17H19ClFN. The van der Waals surface area contributed by atoms with Gasteiger partial charge in [-0.3, -0.25) is 0 Å². The van der Waals surface area contributed by atoms with E-state index in [0.29, 0.717) is 12.0 Å². The summed E-state index contributed by atoms with van der Waals surface area (Å²) in [7, 11) is 4.24. The first-order valence-electron chi connectivity index (χ1n) is 6.67. The van der Waals surface area contributed by atoms with Crippen molar-refractivity contribution in [1.82, 2.24) is 4.90 Å². The normalized spacial score (nSPS) is 20.6. The Balaban J connectivity index is 0.00000147. The van der Waals surface area contributed by atoms with Crippen molar-refractivity contribution >= 4 is 12.4 Å². The molecule has 1 aliphatic rings. The molecule has 0 radical (unpaired) electrons. The van der Waals surface area contributed by atoms with Crippen LogP contribution in [0.25, 0.3) is 0 Å². The highest BCUT2D eigenvalue weighted by molar-refractivity contribution is 5.85. The van der Waals surface area contributed by atoms with Crippen LogP contribution in [-0.4, -0.2) is 19.0 Å². The van der Waals surface area contributed by atoms with Gasteiger partial charge in [-0.15, -0.1) is 12.4 Å². The highest BCUT2D eigenvalue weighted by atomic mass is 35.5. The zero-order valence-corrected chi connectivity index (χ0v) is 12.5. The molecule has 0 saturated carbocycles. The van der Waals surface area contributed by atoms with E-state index in [-0.39, 0.29) is 18.2 Å². The standard InChI is InChI=1S/C17H18FN.ClH/c1-19(2)17-11-16(12-7-9-13(18)10-8-12)14-5-3-4-6-15(14)17;/h3-10,16-17H,11H2,1-2H3;1H. The molecule has 0 saturated heterocycles. The van der Waals surface area contributed by atoms with E-state index in [2.05, 4.69) is 43.3 Å². The number of nitrogens with zero attached hydrogens (tertiary/aromatic N) is 1. The zero-order valence-electron chi connectivity index (χ0n) is 11.7. The molecule has 0 amide bonds. The van der Waals surface area contributed by atoms with Crippen LogP contribution in [-0.2, 0) is 0 Å². The Morgan fingerprint density at radius 3 is 2.15 bits per heavy atom. The van der Waals surface area contributed by atoms with Gasteiger partial charge in [-0.25, -0.2) is 4.39 Å². The van der Waals surface area contributed by atoms with Crippen molar-refractivity contribution in [3.63, 3.8) is 0 Å². The first kappa shape index (κ1) is 15.0. The van der Waals surface area contributed by atoms with Gasteiger partial charge in [0.2, 0.25) is 0 Å². The van der Waals surface area contributed by atoms with Crippen LogP contribution in [0.1, 0.15) is 35.1 Å². The Kier molecular flexibility index (Phi) is 4.46. The van der Waals surface area contributed by atoms with Crippen LogP contribution in [0.15, 0.2) is 48.5 Å². The SMILES string of the molecule is CN(C)C1CC(c2ccc(F)cc2)c2ccccc21.Cl. The molecule has 2 atom stereocenters. The van der Waals surface area contributed by atoms with Gasteiger partial charge in [0.15, 0.2) is 0 Å². The number of fused-ring (bicyclic) bond motifs is 1. The van der Waals surface area contributed by atoms with Crippen LogP contribution in [0.2, 0.25) is 0 Å². The Hall–Kier alpha value is -1.38. The second-order valence-electron chi connectivity index (χ2n) is 5.45. The van der Waals surface area contributed by atoms with E-state index in [1.54, 1.807) is 12.1 Å². The molecule has 3 rings (SSSR count). The fourth-order valence-corrected chi connectivity index (χ4v) is 3.11. The average molecular weight is 292 g/mol. The number of hydrogen-bond acceptors (Lipinski definition) is 1.